The van der Waals surface area contributed by atoms with Crippen molar-refractivity contribution < 1.29 is 4.79 Å². The number of anilines is 1. The molecule has 0 aliphatic carbocycles. The van der Waals surface area contributed by atoms with E-state index >= 15 is 0 Å². The summed E-state index contributed by atoms with van der Waals surface area (Å²) >= 11 is 1.58. The molecule has 7 nitrogen and oxygen atoms in total. The number of aryl methyl sites for hydroxylation is 2. The molecule has 0 radical (unpaired) electrons. The average Bonchev–Trinajstić information content (AvgIpc) is 3.16. The highest BCUT2D eigenvalue weighted by molar-refractivity contribution is 7.13. The molecule has 0 aliphatic rings. The second kappa shape index (κ2) is 6.79. The molecule has 124 valence electrons. The van der Waals surface area contributed by atoms with E-state index in [0.29, 0.717) is 11.5 Å². The first kappa shape index (κ1) is 16.1. The van der Waals surface area contributed by atoms with Gasteiger partial charge in [0.05, 0.1) is 6.04 Å². The minimum Gasteiger partial charge on any atom is -0.328 e. The van der Waals surface area contributed by atoms with Gasteiger partial charge in [0.15, 0.2) is 5.82 Å². The highest BCUT2D eigenvalue weighted by atomic mass is 32.1. The third-order valence-corrected chi connectivity index (χ3v) is 4.48. The van der Waals surface area contributed by atoms with Crippen molar-refractivity contribution in [1.29, 1.82) is 0 Å². The quantitative estimate of drug-likeness (QED) is 0.763. The van der Waals surface area contributed by atoms with Crippen molar-refractivity contribution in [2.24, 2.45) is 7.05 Å². The van der Waals surface area contributed by atoms with E-state index in [1.807, 2.05) is 50.5 Å². The molecule has 1 atom stereocenters. The second-order valence-corrected chi connectivity index (χ2v) is 6.35. The van der Waals surface area contributed by atoms with Crippen LogP contribution in [0.2, 0.25) is 0 Å². The van der Waals surface area contributed by atoms with Crippen molar-refractivity contribution in [3.05, 3.63) is 47.5 Å². The Kier molecular flexibility index (Phi) is 4.57. The Bertz CT molecular complexity index is 856. The zero-order valence-electron chi connectivity index (χ0n) is 13.6. The average molecular weight is 342 g/mol. The zero-order chi connectivity index (χ0) is 17.1. The molecule has 1 aromatic carbocycles. The van der Waals surface area contributed by atoms with Gasteiger partial charge in [0.25, 0.3) is 0 Å². The summed E-state index contributed by atoms with van der Waals surface area (Å²) in [4.78, 5) is 16.7. The lowest BCUT2D eigenvalue weighted by Crippen LogP contribution is -2.32. The monoisotopic (exact) mass is 342 g/mol. The Labute approximate surface area is 143 Å². The largest absolute Gasteiger partial charge is 0.328 e. The number of nitrogens with one attached hydrogen (secondary N) is 2. The Morgan fingerprint density at radius 3 is 2.88 bits per heavy atom. The van der Waals surface area contributed by atoms with E-state index in [2.05, 4.69) is 25.8 Å². The van der Waals surface area contributed by atoms with Crippen LogP contribution < -0.4 is 10.6 Å². The number of amides is 2. The summed E-state index contributed by atoms with van der Waals surface area (Å²) in [6, 6.07) is 7.08. The lowest BCUT2D eigenvalue weighted by atomic mass is 10.2. The molecule has 2 amide bonds. The lowest BCUT2D eigenvalue weighted by Gasteiger charge is -2.14. The van der Waals surface area contributed by atoms with Gasteiger partial charge in [-0.05, 0) is 26.0 Å². The molecule has 2 aromatic heterocycles. The van der Waals surface area contributed by atoms with E-state index in [0.717, 1.165) is 16.3 Å². The van der Waals surface area contributed by atoms with E-state index in [1.54, 1.807) is 22.2 Å². The molecule has 24 heavy (non-hydrogen) atoms. The van der Waals surface area contributed by atoms with Crippen molar-refractivity contribution in [2.75, 3.05) is 5.32 Å². The summed E-state index contributed by atoms with van der Waals surface area (Å²) in [5, 5.41) is 16.4. The van der Waals surface area contributed by atoms with Gasteiger partial charge in [-0.15, -0.1) is 21.5 Å². The van der Waals surface area contributed by atoms with Crippen LogP contribution in [0, 0.1) is 6.92 Å². The number of aromatic nitrogens is 4. The Hall–Kier alpha value is -2.74. The molecule has 0 spiro atoms. The van der Waals surface area contributed by atoms with Gasteiger partial charge in [0.1, 0.15) is 11.3 Å². The number of thiazole rings is 1. The Morgan fingerprint density at radius 2 is 2.21 bits per heavy atom. The third-order valence-electron chi connectivity index (χ3n) is 3.47. The van der Waals surface area contributed by atoms with Crippen molar-refractivity contribution in [3.63, 3.8) is 0 Å². The summed E-state index contributed by atoms with van der Waals surface area (Å²) in [6.45, 7) is 3.82. The SMILES string of the molecule is Cc1csc(-c2cccc(NC(=O)N[C@H](C)c3nncn3C)c2)n1. The van der Waals surface area contributed by atoms with Gasteiger partial charge in [0, 0.05) is 29.4 Å². The smallest absolute Gasteiger partial charge is 0.319 e. The number of carbonyl (C=O) groups is 1. The first-order valence-electron chi connectivity index (χ1n) is 7.47. The van der Waals surface area contributed by atoms with Crippen molar-refractivity contribution in [3.8, 4) is 10.6 Å². The van der Waals surface area contributed by atoms with Gasteiger partial charge in [-0.25, -0.2) is 9.78 Å². The van der Waals surface area contributed by atoms with Gasteiger partial charge in [0.2, 0.25) is 0 Å². The van der Waals surface area contributed by atoms with E-state index in [4.69, 9.17) is 0 Å². The van der Waals surface area contributed by atoms with Gasteiger partial charge in [-0.2, -0.15) is 0 Å². The normalized spacial score (nSPS) is 12.0. The second-order valence-electron chi connectivity index (χ2n) is 5.50. The van der Waals surface area contributed by atoms with E-state index in [9.17, 15) is 4.79 Å². The van der Waals surface area contributed by atoms with Crippen LogP contribution >= 0.6 is 11.3 Å². The molecule has 0 saturated carbocycles. The van der Waals surface area contributed by atoms with Crippen molar-refractivity contribution in [2.45, 2.75) is 19.9 Å². The van der Waals surface area contributed by atoms with E-state index in [-0.39, 0.29) is 12.1 Å². The van der Waals surface area contributed by atoms with Crippen LogP contribution in [-0.2, 0) is 7.05 Å². The number of nitrogens with zero attached hydrogens (tertiary/aromatic N) is 4. The fourth-order valence-corrected chi connectivity index (χ4v) is 3.12. The summed E-state index contributed by atoms with van der Waals surface area (Å²) in [6.07, 6.45) is 1.60. The van der Waals surface area contributed by atoms with Crippen LogP contribution in [0.15, 0.2) is 36.0 Å². The van der Waals surface area contributed by atoms with Crippen LogP contribution in [0.5, 0.6) is 0 Å². The Balaban J connectivity index is 1.67. The predicted molar refractivity (Wildman–Crippen MR) is 93.9 cm³/mol. The first-order valence-corrected chi connectivity index (χ1v) is 8.35. The van der Waals surface area contributed by atoms with Crippen LogP contribution in [0.25, 0.3) is 10.6 Å². The summed E-state index contributed by atoms with van der Waals surface area (Å²) in [7, 11) is 1.84. The van der Waals surface area contributed by atoms with Crippen LogP contribution in [0.1, 0.15) is 24.5 Å². The maximum Gasteiger partial charge on any atom is 0.319 e. The van der Waals surface area contributed by atoms with Crippen LogP contribution in [0.3, 0.4) is 0 Å². The Morgan fingerprint density at radius 1 is 1.38 bits per heavy atom. The van der Waals surface area contributed by atoms with Gasteiger partial charge >= 0.3 is 6.03 Å². The van der Waals surface area contributed by atoms with Crippen LogP contribution in [-0.4, -0.2) is 25.8 Å². The summed E-state index contributed by atoms with van der Waals surface area (Å²) in [5.74, 6) is 0.692. The van der Waals surface area contributed by atoms with E-state index < -0.39 is 0 Å². The number of benzene rings is 1. The van der Waals surface area contributed by atoms with Crippen molar-refractivity contribution in [1.82, 2.24) is 25.1 Å². The van der Waals surface area contributed by atoms with Gasteiger partial charge < -0.3 is 15.2 Å². The minimum atomic E-state index is -0.294. The maximum absolute atomic E-state index is 12.2. The molecule has 0 fully saturated rings. The molecule has 0 saturated heterocycles. The highest BCUT2D eigenvalue weighted by Gasteiger charge is 2.14. The molecule has 3 rings (SSSR count). The molecule has 0 unspecified atom stereocenters. The molecular weight excluding hydrogens is 324 g/mol. The molecule has 2 N–H and O–H groups in total. The van der Waals surface area contributed by atoms with Gasteiger partial charge in [-0.3, -0.25) is 0 Å². The number of urea groups is 1. The summed E-state index contributed by atoms with van der Waals surface area (Å²) in [5.41, 5.74) is 2.68. The topological polar surface area (TPSA) is 84.7 Å². The predicted octanol–water partition coefficient (Wildman–Crippen LogP) is 3.13. The fourth-order valence-electron chi connectivity index (χ4n) is 2.33. The molecule has 3 aromatic rings. The molecule has 2 heterocycles. The van der Waals surface area contributed by atoms with E-state index in [1.165, 1.54) is 0 Å². The molecular formula is C16H18N6OS. The number of rotatable bonds is 4. The minimum absolute atomic E-state index is 0.248. The first-order chi connectivity index (χ1) is 11.5. The number of carbonyl (C=O) groups excluding carboxylic acids is 1. The molecule has 8 heteroatoms. The maximum atomic E-state index is 12.2. The molecule has 0 bridgehead atoms. The fraction of sp³-hybridized carbons (Fsp3) is 0.250. The zero-order valence-corrected chi connectivity index (χ0v) is 14.5. The molecule has 0 aliphatic heterocycles. The summed E-state index contributed by atoms with van der Waals surface area (Å²) < 4.78 is 1.77. The standard InChI is InChI=1S/C16H18N6OS/c1-10-8-24-15(18-10)12-5-4-6-13(7-12)20-16(23)19-11(2)14-21-17-9-22(14)3/h4-9,11H,1-3H3,(H2,19,20,23)/t11-/m1/s1. The van der Waals surface area contributed by atoms with Crippen LogP contribution in [0.4, 0.5) is 10.5 Å². The van der Waals surface area contributed by atoms with Gasteiger partial charge in [-0.1, -0.05) is 12.1 Å². The van der Waals surface area contributed by atoms with Crippen molar-refractivity contribution >= 4 is 23.1 Å². The lowest BCUT2D eigenvalue weighted by molar-refractivity contribution is 0.248. The third kappa shape index (κ3) is 3.60. The number of hydrogen-bond acceptors (Lipinski definition) is 5. The highest BCUT2D eigenvalue weighted by Crippen LogP contribution is 2.25. The number of hydrogen-bond donors (Lipinski definition) is 2.